The Kier molecular flexibility index (Phi) is 10.3. The smallest absolute Gasteiger partial charge is 0.255 e. The molecule has 0 aliphatic heterocycles. The van der Waals surface area contributed by atoms with Crippen LogP contribution >= 0.6 is 11.6 Å². The lowest BCUT2D eigenvalue weighted by molar-refractivity contribution is -0.121. The van der Waals surface area contributed by atoms with E-state index >= 15 is 0 Å². The van der Waals surface area contributed by atoms with Gasteiger partial charge in [0.15, 0.2) is 11.5 Å². The van der Waals surface area contributed by atoms with Gasteiger partial charge in [0, 0.05) is 17.1 Å². The van der Waals surface area contributed by atoms with Gasteiger partial charge < -0.3 is 9.47 Å². The molecule has 0 aliphatic carbocycles. The summed E-state index contributed by atoms with van der Waals surface area (Å²) < 4.78 is 53.6. The van der Waals surface area contributed by atoms with Gasteiger partial charge in [0.1, 0.15) is 12.4 Å². The third-order valence-corrected chi connectivity index (χ3v) is 8.36. The Hall–Kier alpha value is -4.25. The molecule has 42 heavy (non-hydrogen) atoms. The van der Waals surface area contributed by atoms with Crippen molar-refractivity contribution in [3.8, 4) is 11.5 Å². The molecule has 0 aromatic heterocycles. The Bertz CT molecular complexity index is 1650. The maximum atomic E-state index is 14.6. The number of hydrazone groups is 1. The Balaban J connectivity index is 1.47. The van der Waals surface area contributed by atoms with E-state index in [9.17, 15) is 17.6 Å². The molecule has 0 fully saturated rings. The zero-order chi connectivity index (χ0) is 30.1. The highest BCUT2D eigenvalue weighted by Gasteiger charge is 2.28. The van der Waals surface area contributed by atoms with Crippen molar-refractivity contribution >= 4 is 33.7 Å². The highest BCUT2D eigenvalue weighted by molar-refractivity contribution is 7.89. The Labute approximate surface area is 249 Å². The SMILES string of the molecule is COc1cc(/C=N\NC(=O)CN(Cc2c(F)cccc2Cl)S(=O)(=O)c2ccc(C)cc2)ccc1OCc1ccccc1. The van der Waals surface area contributed by atoms with Crippen molar-refractivity contribution in [2.24, 2.45) is 5.10 Å². The quantitative estimate of drug-likeness (QED) is 0.164. The number of carbonyl (C=O) groups excluding carboxylic acids is 1. The van der Waals surface area contributed by atoms with E-state index < -0.39 is 34.8 Å². The number of sulfonamides is 1. The molecule has 8 nitrogen and oxygen atoms in total. The van der Waals surface area contributed by atoms with Crippen LogP contribution in [0.2, 0.25) is 5.02 Å². The summed E-state index contributed by atoms with van der Waals surface area (Å²) in [6.07, 6.45) is 1.38. The topological polar surface area (TPSA) is 97.3 Å². The van der Waals surface area contributed by atoms with Crippen molar-refractivity contribution < 1.29 is 27.1 Å². The number of hydrogen-bond acceptors (Lipinski definition) is 6. The maximum absolute atomic E-state index is 14.6. The number of ether oxygens (including phenoxy) is 2. The Morgan fingerprint density at radius 3 is 2.43 bits per heavy atom. The molecule has 218 valence electrons. The summed E-state index contributed by atoms with van der Waals surface area (Å²) >= 11 is 6.16. The van der Waals surface area contributed by atoms with Crippen LogP contribution in [0.1, 0.15) is 22.3 Å². The molecular formula is C31H29ClFN3O5S. The average Bonchev–Trinajstić information content (AvgIpc) is 2.98. The molecule has 0 saturated heterocycles. The number of hydrogen-bond donors (Lipinski definition) is 1. The second kappa shape index (κ2) is 14.1. The zero-order valence-corrected chi connectivity index (χ0v) is 24.5. The highest BCUT2D eigenvalue weighted by atomic mass is 35.5. The van der Waals surface area contributed by atoms with Gasteiger partial charge in [0.2, 0.25) is 10.0 Å². The number of halogens is 2. The first-order chi connectivity index (χ1) is 20.2. The predicted octanol–water partition coefficient (Wildman–Crippen LogP) is 5.72. The lowest BCUT2D eigenvalue weighted by atomic mass is 10.2. The lowest BCUT2D eigenvalue weighted by Crippen LogP contribution is -2.39. The highest BCUT2D eigenvalue weighted by Crippen LogP contribution is 2.28. The standard InChI is InChI=1S/C31H29ClFN3O5S/c1-22-11-14-25(15-12-22)42(38,39)36(19-26-27(32)9-6-10-28(26)33)20-31(37)35-34-18-24-13-16-29(30(17-24)40-2)41-21-23-7-4-3-5-8-23/h3-18H,19-21H2,1-2H3,(H,35,37)/b34-18-. The van der Waals surface area contributed by atoms with Crippen LogP contribution in [-0.2, 0) is 28.0 Å². The molecule has 0 aliphatic rings. The first-order valence-electron chi connectivity index (χ1n) is 12.8. The number of aryl methyl sites for hydroxylation is 1. The molecule has 4 aromatic carbocycles. The van der Waals surface area contributed by atoms with Gasteiger partial charge in [-0.2, -0.15) is 9.41 Å². The van der Waals surface area contributed by atoms with Gasteiger partial charge in [-0.25, -0.2) is 18.2 Å². The van der Waals surface area contributed by atoms with Crippen LogP contribution < -0.4 is 14.9 Å². The molecule has 0 saturated carbocycles. The summed E-state index contributed by atoms with van der Waals surface area (Å²) in [5.74, 6) is -0.413. The first-order valence-corrected chi connectivity index (χ1v) is 14.7. The van der Waals surface area contributed by atoms with Gasteiger partial charge in [-0.05, 0) is 60.5 Å². The number of nitrogens with zero attached hydrogens (tertiary/aromatic N) is 2. The number of benzene rings is 4. The normalized spacial score (nSPS) is 11.5. The van der Waals surface area contributed by atoms with Crippen LogP contribution in [0.5, 0.6) is 11.5 Å². The van der Waals surface area contributed by atoms with Crippen molar-refractivity contribution in [1.29, 1.82) is 0 Å². The van der Waals surface area contributed by atoms with Crippen molar-refractivity contribution in [2.75, 3.05) is 13.7 Å². The van der Waals surface area contributed by atoms with Gasteiger partial charge in [-0.3, -0.25) is 4.79 Å². The molecule has 0 atom stereocenters. The van der Waals surface area contributed by atoms with E-state index in [4.69, 9.17) is 21.1 Å². The lowest BCUT2D eigenvalue weighted by Gasteiger charge is -2.22. The molecule has 1 amide bonds. The minimum atomic E-state index is -4.20. The number of methoxy groups -OCH3 is 1. The van der Waals surface area contributed by atoms with E-state index in [1.165, 1.54) is 43.7 Å². The molecule has 1 N–H and O–H groups in total. The van der Waals surface area contributed by atoms with E-state index in [-0.39, 0.29) is 15.5 Å². The molecule has 0 spiro atoms. The molecule has 4 aromatic rings. The fourth-order valence-corrected chi connectivity index (χ4v) is 5.53. The summed E-state index contributed by atoms with van der Waals surface area (Å²) in [5.41, 5.74) is 4.75. The van der Waals surface area contributed by atoms with Crippen LogP contribution in [0.3, 0.4) is 0 Å². The Morgan fingerprint density at radius 2 is 1.74 bits per heavy atom. The predicted molar refractivity (Wildman–Crippen MR) is 160 cm³/mol. The average molecular weight is 610 g/mol. The Morgan fingerprint density at radius 1 is 1.00 bits per heavy atom. The third-order valence-electron chi connectivity index (χ3n) is 6.20. The second-order valence-electron chi connectivity index (χ2n) is 9.26. The van der Waals surface area contributed by atoms with E-state index in [0.29, 0.717) is 23.7 Å². The molecule has 0 radical (unpaired) electrons. The first kappa shape index (κ1) is 30.7. The van der Waals surface area contributed by atoms with Gasteiger partial charge >= 0.3 is 0 Å². The number of rotatable bonds is 12. The fourth-order valence-electron chi connectivity index (χ4n) is 3.94. The number of amides is 1. The fraction of sp³-hybridized carbons (Fsp3) is 0.161. The summed E-state index contributed by atoms with van der Waals surface area (Å²) in [5, 5.41) is 4.00. The van der Waals surface area contributed by atoms with Crippen molar-refractivity contribution in [3.63, 3.8) is 0 Å². The minimum Gasteiger partial charge on any atom is -0.493 e. The molecule has 4 rings (SSSR count). The van der Waals surface area contributed by atoms with Crippen molar-refractivity contribution in [2.45, 2.75) is 25.0 Å². The molecular weight excluding hydrogens is 581 g/mol. The molecule has 0 heterocycles. The number of carbonyl (C=O) groups is 1. The van der Waals surface area contributed by atoms with E-state index in [0.717, 1.165) is 15.4 Å². The van der Waals surface area contributed by atoms with Gasteiger partial charge in [0.05, 0.1) is 24.8 Å². The minimum absolute atomic E-state index is 0.0430. The van der Waals surface area contributed by atoms with Crippen molar-refractivity contribution in [3.05, 3.63) is 124 Å². The second-order valence-corrected chi connectivity index (χ2v) is 11.6. The third kappa shape index (κ3) is 7.94. The molecule has 11 heteroatoms. The van der Waals surface area contributed by atoms with Gasteiger partial charge in [-0.1, -0.05) is 65.7 Å². The van der Waals surface area contributed by atoms with E-state index in [1.54, 1.807) is 30.3 Å². The van der Waals surface area contributed by atoms with E-state index in [1.807, 2.05) is 37.3 Å². The molecule has 0 bridgehead atoms. The van der Waals surface area contributed by atoms with Crippen LogP contribution in [0.25, 0.3) is 0 Å². The van der Waals surface area contributed by atoms with E-state index in [2.05, 4.69) is 10.5 Å². The molecule has 0 unspecified atom stereocenters. The van der Waals surface area contributed by atoms with Crippen LogP contribution in [0.15, 0.2) is 101 Å². The largest absolute Gasteiger partial charge is 0.493 e. The summed E-state index contributed by atoms with van der Waals surface area (Å²) in [6, 6.07) is 25.0. The van der Waals surface area contributed by atoms with Crippen LogP contribution in [-0.4, -0.2) is 38.5 Å². The van der Waals surface area contributed by atoms with Gasteiger partial charge in [0.25, 0.3) is 5.91 Å². The van der Waals surface area contributed by atoms with Gasteiger partial charge in [-0.15, -0.1) is 0 Å². The number of nitrogens with one attached hydrogen (secondary N) is 1. The summed E-state index contributed by atoms with van der Waals surface area (Å²) in [4.78, 5) is 12.8. The van der Waals surface area contributed by atoms with Crippen LogP contribution in [0.4, 0.5) is 4.39 Å². The van der Waals surface area contributed by atoms with Crippen LogP contribution in [0, 0.1) is 12.7 Å². The van der Waals surface area contributed by atoms with Crippen molar-refractivity contribution in [1.82, 2.24) is 9.73 Å². The zero-order valence-electron chi connectivity index (χ0n) is 23.0. The maximum Gasteiger partial charge on any atom is 0.255 e. The summed E-state index contributed by atoms with van der Waals surface area (Å²) in [6.45, 7) is 1.09. The summed E-state index contributed by atoms with van der Waals surface area (Å²) in [7, 11) is -2.68. The monoisotopic (exact) mass is 609 g/mol.